The lowest BCUT2D eigenvalue weighted by molar-refractivity contribution is -0.130. The fraction of sp³-hybridized carbons (Fsp3) is 0.652. The zero-order valence-electron chi connectivity index (χ0n) is 19.5. The van der Waals surface area contributed by atoms with Gasteiger partial charge in [-0.2, -0.15) is 0 Å². The predicted molar refractivity (Wildman–Crippen MR) is 125 cm³/mol. The van der Waals surface area contributed by atoms with Crippen LogP contribution in [0.2, 0.25) is 0 Å². The summed E-state index contributed by atoms with van der Waals surface area (Å²) in [5, 5.41) is 9.13. The second kappa shape index (κ2) is 12.2. The van der Waals surface area contributed by atoms with Gasteiger partial charge in [-0.25, -0.2) is 13.2 Å². The lowest BCUT2D eigenvalue weighted by Gasteiger charge is -2.29. The summed E-state index contributed by atoms with van der Waals surface area (Å²) in [7, 11) is -3.18. The Balaban J connectivity index is 1.82. The molecule has 2 amide bonds. The minimum atomic E-state index is -3.18. The Kier molecular flexibility index (Phi) is 9.96. The SMILES string of the molecule is CCCN(CCCCN1CCN(C(=O)O)CCC1=O)C(C)Cc1ccc(S(C)(=O)=O)cc1. The van der Waals surface area contributed by atoms with Gasteiger partial charge in [-0.1, -0.05) is 19.1 Å². The number of hydrogen-bond donors (Lipinski definition) is 1. The van der Waals surface area contributed by atoms with Gasteiger partial charge in [-0.3, -0.25) is 4.79 Å². The standard InChI is InChI=1S/C23H37N3O5S/c1-4-12-24(19(2)18-20-7-9-21(10-8-20)32(3,30)31)13-5-6-14-25-16-17-26(23(28)29)15-11-22(25)27/h7-10,19H,4-6,11-18H2,1-3H3,(H,28,29). The number of carbonyl (C=O) groups is 2. The van der Waals surface area contributed by atoms with E-state index in [0.29, 0.717) is 30.6 Å². The maximum atomic E-state index is 12.3. The molecule has 180 valence electrons. The van der Waals surface area contributed by atoms with Crippen LogP contribution in [0.3, 0.4) is 0 Å². The predicted octanol–water partition coefficient (Wildman–Crippen LogP) is 2.73. The van der Waals surface area contributed by atoms with E-state index in [1.54, 1.807) is 17.0 Å². The molecule has 1 aliphatic rings. The first kappa shape index (κ1) is 26.1. The average Bonchev–Trinajstić information content (AvgIpc) is 2.91. The lowest BCUT2D eigenvalue weighted by atomic mass is 10.1. The van der Waals surface area contributed by atoms with Crippen molar-refractivity contribution >= 4 is 21.8 Å². The van der Waals surface area contributed by atoms with Crippen LogP contribution in [0, 0.1) is 0 Å². The molecule has 1 aromatic rings. The third kappa shape index (κ3) is 8.09. The summed E-state index contributed by atoms with van der Waals surface area (Å²) in [6, 6.07) is 7.45. The molecule has 2 rings (SSSR count). The maximum absolute atomic E-state index is 12.3. The highest BCUT2D eigenvalue weighted by atomic mass is 32.2. The van der Waals surface area contributed by atoms with Crippen molar-refractivity contribution in [2.75, 3.05) is 45.5 Å². The lowest BCUT2D eigenvalue weighted by Crippen LogP contribution is -2.37. The number of benzene rings is 1. The van der Waals surface area contributed by atoms with E-state index < -0.39 is 15.9 Å². The molecule has 0 spiro atoms. The number of rotatable bonds is 11. The number of hydrogen-bond acceptors (Lipinski definition) is 5. The second-order valence-corrected chi connectivity index (χ2v) is 10.6. The fourth-order valence-corrected chi connectivity index (χ4v) is 4.73. The average molecular weight is 468 g/mol. The Bertz CT molecular complexity index is 857. The molecule has 8 nitrogen and oxygen atoms in total. The Hall–Kier alpha value is -2.13. The number of amides is 2. The quantitative estimate of drug-likeness (QED) is 0.503. The molecular weight excluding hydrogens is 430 g/mol. The molecule has 1 aliphatic heterocycles. The van der Waals surface area contributed by atoms with Crippen molar-refractivity contribution in [2.24, 2.45) is 0 Å². The van der Waals surface area contributed by atoms with Gasteiger partial charge in [0, 0.05) is 44.9 Å². The summed E-state index contributed by atoms with van der Waals surface area (Å²) in [5.74, 6) is 0.0325. The van der Waals surface area contributed by atoms with E-state index in [1.807, 2.05) is 12.1 Å². The van der Waals surface area contributed by atoms with E-state index in [1.165, 1.54) is 11.2 Å². The van der Waals surface area contributed by atoms with Crippen molar-refractivity contribution in [1.82, 2.24) is 14.7 Å². The fourth-order valence-electron chi connectivity index (χ4n) is 4.09. The van der Waals surface area contributed by atoms with Gasteiger partial charge in [0.2, 0.25) is 5.91 Å². The van der Waals surface area contributed by atoms with Crippen LogP contribution in [-0.4, -0.2) is 91.8 Å². The summed E-state index contributed by atoms with van der Waals surface area (Å²) in [6.07, 6.45) is 4.25. The Morgan fingerprint density at radius 1 is 1.12 bits per heavy atom. The molecule has 1 aromatic carbocycles. The molecule has 0 radical (unpaired) electrons. The molecule has 0 aliphatic carbocycles. The van der Waals surface area contributed by atoms with Gasteiger partial charge in [0.25, 0.3) is 0 Å². The molecule has 1 unspecified atom stereocenters. The monoisotopic (exact) mass is 467 g/mol. The summed E-state index contributed by atoms with van der Waals surface area (Å²) in [6.45, 7) is 8.04. The van der Waals surface area contributed by atoms with Gasteiger partial charge in [0.1, 0.15) is 0 Å². The third-order valence-corrected chi connectivity index (χ3v) is 7.13. The van der Waals surface area contributed by atoms with Crippen LogP contribution in [0.5, 0.6) is 0 Å². The van der Waals surface area contributed by atoms with Crippen LogP contribution in [0.15, 0.2) is 29.2 Å². The zero-order chi connectivity index (χ0) is 23.7. The third-order valence-electron chi connectivity index (χ3n) is 6.00. The molecule has 1 heterocycles. The second-order valence-electron chi connectivity index (χ2n) is 8.61. The van der Waals surface area contributed by atoms with Crippen molar-refractivity contribution in [3.63, 3.8) is 0 Å². The summed E-state index contributed by atoms with van der Waals surface area (Å²) in [4.78, 5) is 29.3. The maximum Gasteiger partial charge on any atom is 0.407 e. The van der Waals surface area contributed by atoms with Crippen LogP contribution in [0.1, 0.15) is 45.1 Å². The first-order valence-electron chi connectivity index (χ1n) is 11.4. The Morgan fingerprint density at radius 2 is 1.81 bits per heavy atom. The van der Waals surface area contributed by atoms with E-state index >= 15 is 0 Å². The van der Waals surface area contributed by atoms with Gasteiger partial charge < -0.3 is 19.8 Å². The van der Waals surface area contributed by atoms with Gasteiger partial charge >= 0.3 is 6.09 Å². The van der Waals surface area contributed by atoms with Crippen molar-refractivity contribution in [3.05, 3.63) is 29.8 Å². The van der Waals surface area contributed by atoms with Crippen molar-refractivity contribution < 1.29 is 23.1 Å². The molecule has 9 heteroatoms. The van der Waals surface area contributed by atoms with E-state index in [-0.39, 0.29) is 18.9 Å². The molecular formula is C23H37N3O5S. The summed E-state index contributed by atoms with van der Waals surface area (Å²) >= 11 is 0. The zero-order valence-corrected chi connectivity index (χ0v) is 20.3. The first-order chi connectivity index (χ1) is 15.1. The van der Waals surface area contributed by atoms with E-state index in [9.17, 15) is 18.0 Å². The van der Waals surface area contributed by atoms with Gasteiger partial charge in [-0.15, -0.1) is 0 Å². The molecule has 1 fully saturated rings. The first-order valence-corrected chi connectivity index (χ1v) is 13.3. The van der Waals surface area contributed by atoms with Crippen molar-refractivity contribution in [2.45, 2.75) is 56.9 Å². The Labute approximate surface area is 192 Å². The highest BCUT2D eigenvalue weighted by Crippen LogP contribution is 2.15. The molecule has 1 atom stereocenters. The van der Waals surface area contributed by atoms with Gasteiger partial charge in [0.05, 0.1) is 4.90 Å². The van der Waals surface area contributed by atoms with Crippen LogP contribution in [-0.2, 0) is 21.1 Å². The van der Waals surface area contributed by atoms with Crippen LogP contribution in [0.25, 0.3) is 0 Å². The van der Waals surface area contributed by atoms with Gasteiger partial charge in [-0.05, 0) is 63.4 Å². The minimum absolute atomic E-state index is 0.0325. The summed E-state index contributed by atoms with van der Waals surface area (Å²) < 4.78 is 23.3. The summed E-state index contributed by atoms with van der Waals surface area (Å²) in [5.41, 5.74) is 1.11. The smallest absolute Gasteiger partial charge is 0.407 e. The van der Waals surface area contributed by atoms with Crippen LogP contribution >= 0.6 is 0 Å². The number of carbonyl (C=O) groups excluding carboxylic acids is 1. The molecule has 0 aromatic heterocycles. The van der Waals surface area contributed by atoms with E-state index in [4.69, 9.17) is 5.11 Å². The molecule has 32 heavy (non-hydrogen) atoms. The molecule has 1 N–H and O–H groups in total. The number of unbranched alkanes of at least 4 members (excludes halogenated alkanes) is 1. The van der Waals surface area contributed by atoms with Crippen LogP contribution in [0.4, 0.5) is 4.79 Å². The van der Waals surface area contributed by atoms with Crippen LogP contribution < -0.4 is 0 Å². The molecule has 1 saturated heterocycles. The van der Waals surface area contributed by atoms with Crippen molar-refractivity contribution in [3.8, 4) is 0 Å². The minimum Gasteiger partial charge on any atom is -0.465 e. The molecule has 0 bridgehead atoms. The highest BCUT2D eigenvalue weighted by molar-refractivity contribution is 7.90. The highest BCUT2D eigenvalue weighted by Gasteiger charge is 2.23. The topological polar surface area (TPSA) is 98.2 Å². The van der Waals surface area contributed by atoms with Gasteiger partial charge in [0.15, 0.2) is 9.84 Å². The van der Waals surface area contributed by atoms with E-state index in [2.05, 4.69) is 18.7 Å². The normalized spacial score (nSPS) is 16.3. The number of carboxylic acid groups (broad SMARTS) is 1. The van der Waals surface area contributed by atoms with Crippen molar-refractivity contribution in [1.29, 1.82) is 0 Å². The Morgan fingerprint density at radius 3 is 2.41 bits per heavy atom. The number of sulfone groups is 1. The molecule has 0 saturated carbocycles. The largest absolute Gasteiger partial charge is 0.465 e. The van der Waals surface area contributed by atoms with E-state index in [0.717, 1.165) is 44.3 Å². The number of nitrogens with zero attached hydrogens (tertiary/aromatic N) is 3.